The zero-order valence-corrected chi connectivity index (χ0v) is 13.0. The molecule has 1 amide bonds. The minimum atomic E-state index is -0.322. The maximum absolute atomic E-state index is 11.8. The lowest BCUT2D eigenvalue weighted by atomic mass is 10.3. The number of carbonyl (C=O) groups excluding carboxylic acids is 1. The van der Waals surface area contributed by atoms with Gasteiger partial charge >= 0.3 is 0 Å². The van der Waals surface area contributed by atoms with Crippen LogP contribution >= 0.6 is 28.1 Å². The number of ether oxygens (including phenoxy) is 1. The van der Waals surface area contributed by atoms with Crippen molar-refractivity contribution in [2.45, 2.75) is 13.0 Å². The third-order valence-electron chi connectivity index (χ3n) is 2.05. The first-order chi connectivity index (χ1) is 9.02. The summed E-state index contributed by atoms with van der Waals surface area (Å²) in [6.07, 6.45) is 3.06. The molecule has 1 aromatic rings. The second kappa shape index (κ2) is 8.03. The predicted octanol–water partition coefficient (Wildman–Crippen LogP) is 0.988. The van der Waals surface area contributed by atoms with Crippen LogP contribution in [0.4, 0.5) is 0 Å². The number of hydrogen-bond acceptors (Lipinski definition) is 4. The molecular formula is C11H15BrN4O2S. The molecule has 1 rings (SSSR count). The third-order valence-corrected chi connectivity index (χ3v) is 2.70. The quantitative estimate of drug-likeness (QED) is 0.557. The van der Waals surface area contributed by atoms with Gasteiger partial charge in [0.05, 0.1) is 12.2 Å². The molecule has 0 aliphatic rings. The fourth-order valence-corrected chi connectivity index (χ4v) is 1.89. The van der Waals surface area contributed by atoms with Crippen molar-refractivity contribution in [2.75, 3.05) is 13.7 Å². The highest BCUT2D eigenvalue weighted by molar-refractivity contribution is 9.10. The topological polar surface area (TPSA) is 75.3 Å². The van der Waals surface area contributed by atoms with Crippen molar-refractivity contribution in [3.05, 3.63) is 28.5 Å². The highest BCUT2D eigenvalue weighted by Crippen LogP contribution is 2.08. The van der Waals surface area contributed by atoms with E-state index < -0.39 is 0 Å². The highest BCUT2D eigenvalue weighted by Gasteiger charge is 2.08. The maximum atomic E-state index is 11.8. The Morgan fingerprint density at radius 1 is 1.53 bits per heavy atom. The smallest absolute Gasteiger partial charge is 0.271 e. The van der Waals surface area contributed by atoms with Gasteiger partial charge in [0.25, 0.3) is 5.91 Å². The molecule has 0 bridgehead atoms. The molecular weight excluding hydrogens is 332 g/mol. The second-order valence-corrected chi connectivity index (χ2v) is 5.12. The van der Waals surface area contributed by atoms with Gasteiger partial charge in [-0.2, -0.15) is 0 Å². The largest absolute Gasteiger partial charge is 0.383 e. The molecule has 0 aromatic carbocycles. The number of pyridine rings is 1. The Kier molecular flexibility index (Phi) is 6.68. The Morgan fingerprint density at radius 2 is 2.26 bits per heavy atom. The minimum Gasteiger partial charge on any atom is -0.383 e. The van der Waals surface area contributed by atoms with Gasteiger partial charge in [-0.3, -0.25) is 20.6 Å². The summed E-state index contributed by atoms with van der Waals surface area (Å²) in [5, 5.41) is 3.27. The summed E-state index contributed by atoms with van der Waals surface area (Å²) >= 11 is 8.27. The molecule has 0 saturated heterocycles. The Morgan fingerprint density at radius 3 is 2.89 bits per heavy atom. The Balaban J connectivity index is 2.40. The molecule has 0 spiro atoms. The van der Waals surface area contributed by atoms with Gasteiger partial charge in [0.15, 0.2) is 5.11 Å². The third kappa shape index (κ3) is 5.95. The molecule has 104 valence electrons. The number of aromatic nitrogens is 1. The molecule has 0 radical (unpaired) electrons. The molecule has 1 heterocycles. The molecule has 8 heteroatoms. The number of rotatable bonds is 4. The maximum Gasteiger partial charge on any atom is 0.271 e. The average Bonchev–Trinajstić information content (AvgIpc) is 2.36. The van der Waals surface area contributed by atoms with Gasteiger partial charge in [-0.15, -0.1) is 0 Å². The summed E-state index contributed by atoms with van der Waals surface area (Å²) in [5.74, 6) is -0.322. The lowest BCUT2D eigenvalue weighted by Crippen LogP contribution is -2.49. The van der Waals surface area contributed by atoms with Gasteiger partial charge in [0, 0.05) is 30.0 Å². The van der Waals surface area contributed by atoms with E-state index in [0.29, 0.717) is 17.3 Å². The number of halogens is 1. The molecule has 0 aliphatic carbocycles. The van der Waals surface area contributed by atoms with Crippen molar-refractivity contribution in [3.63, 3.8) is 0 Å². The molecule has 3 N–H and O–H groups in total. The van der Waals surface area contributed by atoms with Gasteiger partial charge < -0.3 is 10.1 Å². The van der Waals surface area contributed by atoms with Crippen LogP contribution in [-0.4, -0.2) is 35.8 Å². The predicted molar refractivity (Wildman–Crippen MR) is 79.6 cm³/mol. The summed E-state index contributed by atoms with van der Waals surface area (Å²) < 4.78 is 5.69. The first kappa shape index (κ1) is 15.8. The van der Waals surface area contributed by atoms with Crippen LogP contribution in [0.5, 0.6) is 0 Å². The lowest BCUT2D eigenvalue weighted by Gasteiger charge is -2.16. The van der Waals surface area contributed by atoms with Crippen LogP contribution < -0.4 is 16.2 Å². The van der Waals surface area contributed by atoms with E-state index in [1.165, 1.54) is 6.20 Å². The van der Waals surface area contributed by atoms with E-state index >= 15 is 0 Å². The SMILES string of the molecule is COC[C@@H](C)NC(=S)NNC(=O)c1cncc(Br)c1. The summed E-state index contributed by atoms with van der Waals surface area (Å²) in [7, 11) is 1.61. The van der Waals surface area contributed by atoms with E-state index in [-0.39, 0.29) is 11.9 Å². The average molecular weight is 347 g/mol. The summed E-state index contributed by atoms with van der Waals surface area (Å²) in [4.78, 5) is 15.7. The van der Waals surface area contributed by atoms with Crippen LogP contribution in [0.2, 0.25) is 0 Å². The molecule has 0 saturated carbocycles. The standard InChI is InChI=1S/C11H15BrN4O2S/c1-7(6-18-2)14-11(19)16-15-10(17)8-3-9(12)5-13-4-8/h3-5,7H,6H2,1-2H3,(H,15,17)(H2,14,16,19)/t7-/m1/s1. The highest BCUT2D eigenvalue weighted by atomic mass is 79.9. The van der Waals surface area contributed by atoms with Crippen molar-refractivity contribution in [2.24, 2.45) is 0 Å². The van der Waals surface area contributed by atoms with Crippen LogP contribution in [0.1, 0.15) is 17.3 Å². The summed E-state index contributed by atoms with van der Waals surface area (Å²) in [5.41, 5.74) is 5.52. The van der Waals surface area contributed by atoms with E-state index in [1.54, 1.807) is 19.4 Å². The monoisotopic (exact) mass is 346 g/mol. The van der Waals surface area contributed by atoms with Crippen LogP contribution in [0, 0.1) is 0 Å². The Hall–Kier alpha value is -1.25. The van der Waals surface area contributed by atoms with E-state index in [4.69, 9.17) is 17.0 Å². The minimum absolute atomic E-state index is 0.0504. The van der Waals surface area contributed by atoms with Gasteiger partial charge in [-0.1, -0.05) is 0 Å². The van der Waals surface area contributed by atoms with Gasteiger partial charge in [0.2, 0.25) is 0 Å². The van der Waals surface area contributed by atoms with Crippen molar-refractivity contribution >= 4 is 39.2 Å². The first-order valence-electron chi connectivity index (χ1n) is 5.49. The zero-order valence-electron chi connectivity index (χ0n) is 10.6. The number of amides is 1. The normalized spacial score (nSPS) is 11.5. The molecule has 0 aliphatic heterocycles. The molecule has 1 atom stereocenters. The van der Waals surface area contributed by atoms with Crippen LogP contribution in [-0.2, 0) is 4.74 Å². The van der Waals surface area contributed by atoms with E-state index in [0.717, 1.165) is 4.47 Å². The number of carbonyl (C=O) groups is 1. The number of methoxy groups -OCH3 is 1. The van der Waals surface area contributed by atoms with Gasteiger partial charge in [-0.25, -0.2) is 0 Å². The molecule has 0 unspecified atom stereocenters. The van der Waals surface area contributed by atoms with Gasteiger partial charge in [-0.05, 0) is 41.1 Å². The van der Waals surface area contributed by atoms with Crippen molar-refractivity contribution < 1.29 is 9.53 Å². The number of thiocarbonyl (C=S) groups is 1. The van der Waals surface area contributed by atoms with E-state index in [1.807, 2.05) is 6.92 Å². The Bertz CT molecular complexity index is 458. The van der Waals surface area contributed by atoms with E-state index in [2.05, 4.69) is 37.1 Å². The Labute approximate surface area is 125 Å². The van der Waals surface area contributed by atoms with Crippen LogP contribution in [0.3, 0.4) is 0 Å². The fourth-order valence-electron chi connectivity index (χ4n) is 1.27. The van der Waals surface area contributed by atoms with Gasteiger partial charge in [0.1, 0.15) is 0 Å². The summed E-state index contributed by atoms with van der Waals surface area (Å²) in [6.45, 7) is 2.43. The molecule has 6 nitrogen and oxygen atoms in total. The first-order valence-corrected chi connectivity index (χ1v) is 6.69. The zero-order chi connectivity index (χ0) is 14.3. The molecule has 19 heavy (non-hydrogen) atoms. The van der Waals surface area contributed by atoms with E-state index in [9.17, 15) is 4.79 Å². The number of hydrazine groups is 1. The number of nitrogens with zero attached hydrogens (tertiary/aromatic N) is 1. The second-order valence-electron chi connectivity index (χ2n) is 3.80. The van der Waals surface area contributed by atoms with Crippen LogP contribution in [0.25, 0.3) is 0 Å². The fraction of sp³-hybridized carbons (Fsp3) is 0.364. The molecule has 0 fully saturated rings. The molecule has 1 aromatic heterocycles. The van der Waals surface area contributed by atoms with Crippen molar-refractivity contribution in [1.82, 2.24) is 21.2 Å². The van der Waals surface area contributed by atoms with Crippen molar-refractivity contribution in [3.8, 4) is 0 Å². The number of nitrogens with one attached hydrogen (secondary N) is 3. The summed E-state index contributed by atoms with van der Waals surface area (Å²) in [6, 6.07) is 1.71. The number of hydrogen-bond donors (Lipinski definition) is 3. The van der Waals surface area contributed by atoms with Crippen LogP contribution in [0.15, 0.2) is 22.9 Å². The lowest BCUT2D eigenvalue weighted by molar-refractivity contribution is 0.0943. The van der Waals surface area contributed by atoms with Crippen molar-refractivity contribution in [1.29, 1.82) is 0 Å².